The third-order valence-corrected chi connectivity index (χ3v) is 8.23. The zero-order valence-corrected chi connectivity index (χ0v) is 24.2. The maximum absolute atomic E-state index is 11.9. The van der Waals surface area contributed by atoms with E-state index in [1.807, 2.05) is 0 Å². The minimum atomic E-state index is -1.70. The van der Waals surface area contributed by atoms with Gasteiger partial charge in [0.1, 0.15) is 40.6 Å². The highest BCUT2D eigenvalue weighted by molar-refractivity contribution is 5.66. The van der Waals surface area contributed by atoms with Gasteiger partial charge in [-0.1, -0.05) is 0 Å². The maximum atomic E-state index is 11.9. The summed E-state index contributed by atoms with van der Waals surface area (Å²) in [7, 11) is 2.47. The molecule has 0 aliphatic carbocycles. The molecular formula is C32H30O14. The van der Waals surface area contributed by atoms with Crippen LogP contribution in [0.5, 0.6) is 69.0 Å². The monoisotopic (exact) mass is 638 g/mol. The highest BCUT2D eigenvalue weighted by atomic mass is 16.5. The highest BCUT2D eigenvalue weighted by Gasteiger charge is 2.46. The minimum absolute atomic E-state index is 0.0355. The van der Waals surface area contributed by atoms with Crippen LogP contribution in [-0.2, 0) is 6.42 Å². The van der Waals surface area contributed by atoms with Crippen molar-refractivity contribution < 1.29 is 70.0 Å². The Morgan fingerprint density at radius 1 is 0.587 bits per heavy atom. The number of hydrogen-bond donors (Lipinski definition) is 10. The van der Waals surface area contributed by atoms with Gasteiger partial charge in [0.05, 0.1) is 26.2 Å². The van der Waals surface area contributed by atoms with Crippen molar-refractivity contribution in [2.24, 2.45) is 0 Å². The number of hydrogen-bond acceptors (Lipinski definition) is 14. The first-order chi connectivity index (χ1) is 21.8. The van der Waals surface area contributed by atoms with Gasteiger partial charge in [-0.2, -0.15) is 0 Å². The largest absolute Gasteiger partial charge is 0.508 e. The number of benzene rings is 4. The number of ether oxygens (including phenoxy) is 4. The Hall–Kier alpha value is -5.60. The Morgan fingerprint density at radius 3 is 1.65 bits per heavy atom. The van der Waals surface area contributed by atoms with Crippen LogP contribution in [0.2, 0.25) is 0 Å². The first kappa shape index (κ1) is 30.4. The SMILES string of the molecule is COc1c(O)cc([C@H]2Oc3cc(O)cc(O)c3[C@@H](c3c(O)cc(O)c4c3O[C@H](c3cc(O)c(OC)c(O)c3)[C@H](O)C4)[C@@H]2O)cc1O. The number of fused-ring (bicyclic) bond motifs is 2. The van der Waals surface area contributed by atoms with Crippen LogP contribution in [0.15, 0.2) is 42.5 Å². The van der Waals surface area contributed by atoms with Crippen LogP contribution in [0.1, 0.15) is 45.9 Å². The molecule has 0 amide bonds. The number of aliphatic hydroxyl groups is 2. The molecule has 2 aliphatic rings. The van der Waals surface area contributed by atoms with Crippen LogP contribution < -0.4 is 18.9 Å². The van der Waals surface area contributed by atoms with Crippen molar-refractivity contribution in [2.45, 2.75) is 36.8 Å². The molecular weight excluding hydrogens is 608 g/mol. The fourth-order valence-electron chi connectivity index (χ4n) is 6.26. The van der Waals surface area contributed by atoms with E-state index in [2.05, 4.69) is 0 Å². The molecule has 0 saturated heterocycles. The topological polar surface area (TPSA) is 239 Å². The molecule has 14 nitrogen and oxygen atoms in total. The molecule has 242 valence electrons. The molecule has 0 bridgehead atoms. The van der Waals surface area contributed by atoms with Crippen molar-refractivity contribution in [3.8, 4) is 69.0 Å². The summed E-state index contributed by atoms with van der Waals surface area (Å²) in [4.78, 5) is 0. The molecule has 0 spiro atoms. The fourth-order valence-corrected chi connectivity index (χ4v) is 6.26. The average Bonchev–Trinajstić information content (AvgIpc) is 2.97. The summed E-state index contributed by atoms with van der Waals surface area (Å²) in [5, 5.41) is 108. The van der Waals surface area contributed by atoms with Crippen molar-refractivity contribution in [2.75, 3.05) is 14.2 Å². The highest BCUT2D eigenvalue weighted by Crippen LogP contribution is 2.57. The predicted octanol–water partition coefficient (Wildman–Crippen LogP) is 3.01. The van der Waals surface area contributed by atoms with Crippen molar-refractivity contribution in [1.82, 2.24) is 0 Å². The minimum Gasteiger partial charge on any atom is -0.508 e. The number of methoxy groups -OCH3 is 2. The number of aromatic hydroxyl groups is 8. The lowest BCUT2D eigenvalue weighted by atomic mass is 9.77. The van der Waals surface area contributed by atoms with Gasteiger partial charge in [0.15, 0.2) is 35.2 Å². The van der Waals surface area contributed by atoms with Crippen LogP contribution in [0.25, 0.3) is 0 Å². The summed E-state index contributed by atoms with van der Waals surface area (Å²) in [6.07, 6.45) is -5.96. The lowest BCUT2D eigenvalue weighted by Crippen LogP contribution is -2.36. The Morgan fingerprint density at radius 2 is 1.11 bits per heavy atom. The van der Waals surface area contributed by atoms with E-state index >= 15 is 0 Å². The fraction of sp³-hybridized carbons (Fsp3) is 0.250. The third kappa shape index (κ3) is 4.74. The van der Waals surface area contributed by atoms with Crippen LogP contribution >= 0.6 is 0 Å². The van der Waals surface area contributed by atoms with Gasteiger partial charge in [-0.15, -0.1) is 0 Å². The Bertz CT molecular complexity index is 1810. The molecule has 0 unspecified atom stereocenters. The molecule has 6 rings (SSSR count). The van der Waals surface area contributed by atoms with Crippen molar-refractivity contribution in [1.29, 1.82) is 0 Å². The van der Waals surface area contributed by atoms with E-state index in [1.54, 1.807) is 0 Å². The maximum Gasteiger partial charge on any atom is 0.202 e. The number of phenolic OH excluding ortho intramolecular Hbond substituents is 8. The van der Waals surface area contributed by atoms with E-state index in [9.17, 15) is 51.1 Å². The molecule has 5 atom stereocenters. The van der Waals surface area contributed by atoms with Crippen molar-refractivity contribution in [3.63, 3.8) is 0 Å². The lowest BCUT2D eigenvalue weighted by Gasteiger charge is -2.40. The van der Waals surface area contributed by atoms with Gasteiger partial charge in [-0.3, -0.25) is 0 Å². The van der Waals surface area contributed by atoms with Gasteiger partial charge >= 0.3 is 0 Å². The molecule has 0 aromatic heterocycles. The molecule has 10 N–H and O–H groups in total. The van der Waals surface area contributed by atoms with E-state index in [4.69, 9.17) is 18.9 Å². The number of rotatable bonds is 5. The number of phenols is 8. The molecule has 2 heterocycles. The van der Waals surface area contributed by atoms with Gasteiger partial charge in [-0.25, -0.2) is 0 Å². The summed E-state index contributed by atoms with van der Waals surface area (Å²) in [5.74, 6) is -6.03. The van der Waals surface area contributed by atoms with Crippen LogP contribution in [-0.4, -0.2) is 77.5 Å². The zero-order chi connectivity index (χ0) is 33.2. The standard InChI is InChI=1S/C32H30O14/c1-43-31-18(37)3-11(4-19(31)38)28-22(41)9-14-15(34)10-17(36)25(30(14)46-28)26-24-16(35)7-13(33)8-23(24)45-29(27(26)42)12-5-20(39)32(44-2)21(40)6-12/h3-8,10,22,26-29,33-42H,9H2,1-2H3/t22-,26+,27+,28-,29-/m1/s1. The lowest BCUT2D eigenvalue weighted by molar-refractivity contribution is 0.00106. The second-order valence-electron chi connectivity index (χ2n) is 11.0. The molecule has 4 aromatic rings. The molecule has 46 heavy (non-hydrogen) atoms. The average molecular weight is 639 g/mol. The summed E-state index contributed by atoms with van der Waals surface area (Å²) >= 11 is 0. The Labute approximate surface area is 260 Å². The van der Waals surface area contributed by atoms with E-state index in [1.165, 1.54) is 38.5 Å². The molecule has 0 fully saturated rings. The smallest absolute Gasteiger partial charge is 0.202 e. The van der Waals surface area contributed by atoms with Crippen LogP contribution in [0.4, 0.5) is 0 Å². The first-order valence-corrected chi connectivity index (χ1v) is 13.9. The molecule has 14 heteroatoms. The van der Waals surface area contributed by atoms with Crippen molar-refractivity contribution in [3.05, 3.63) is 70.3 Å². The van der Waals surface area contributed by atoms with Crippen LogP contribution in [0.3, 0.4) is 0 Å². The molecule has 4 aromatic carbocycles. The summed E-state index contributed by atoms with van der Waals surface area (Å²) in [5.41, 5.74) is -0.0551. The molecule has 0 saturated carbocycles. The Balaban J connectivity index is 1.55. The van der Waals surface area contributed by atoms with E-state index < -0.39 is 76.3 Å². The quantitative estimate of drug-likeness (QED) is 0.151. The normalized spacial score (nSPS) is 21.8. The van der Waals surface area contributed by atoms with Crippen LogP contribution in [0, 0.1) is 0 Å². The van der Waals surface area contributed by atoms with E-state index in [-0.39, 0.29) is 57.2 Å². The van der Waals surface area contributed by atoms with Crippen molar-refractivity contribution >= 4 is 0 Å². The van der Waals surface area contributed by atoms with Gasteiger partial charge in [0.2, 0.25) is 11.5 Å². The predicted molar refractivity (Wildman–Crippen MR) is 156 cm³/mol. The van der Waals surface area contributed by atoms with E-state index in [0.717, 1.165) is 18.2 Å². The molecule has 0 radical (unpaired) electrons. The second kappa shape index (κ2) is 11.1. The first-order valence-electron chi connectivity index (χ1n) is 13.9. The second-order valence-corrected chi connectivity index (χ2v) is 11.0. The van der Waals surface area contributed by atoms with Gasteiger partial charge in [0.25, 0.3) is 0 Å². The van der Waals surface area contributed by atoms with Gasteiger partial charge < -0.3 is 70.0 Å². The summed E-state index contributed by atoms with van der Waals surface area (Å²) < 4.78 is 22.1. The van der Waals surface area contributed by atoms with Gasteiger partial charge in [0, 0.05) is 52.4 Å². The van der Waals surface area contributed by atoms with Gasteiger partial charge in [-0.05, 0) is 24.3 Å². The summed E-state index contributed by atoms with van der Waals surface area (Å²) in [6.45, 7) is 0. The number of aliphatic hydroxyl groups excluding tert-OH is 2. The third-order valence-electron chi connectivity index (χ3n) is 8.23. The summed E-state index contributed by atoms with van der Waals surface area (Å²) in [6, 6.07) is 7.88. The zero-order valence-electron chi connectivity index (χ0n) is 24.2. The Kier molecular flexibility index (Phi) is 7.33. The van der Waals surface area contributed by atoms with E-state index in [0.29, 0.717) is 0 Å². The molecule has 2 aliphatic heterocycles.